The van der Waals surface area contributed by atoms with E-state index in [0.717, 1.165) is 48.1 Å². The minimum Gasteiger partial charge on any atom is -0.475 e. The fourth-order valence-corrected chi connectivity index (χ4v) is 7.77. The van der Waals surface area contributed by atoms with Gasteiger partial charge in [-0.25, -0.2) is 13.2 Å². The number of carboxylic acid groups (broad SMARTS) is 1. The number of carboxylic acids is 1. The summed E-state index contributed by atoms with van der Waals surface area (Å²) in [5.41, 5.74) is 3.04. The molecule has 0 spiro atoms. The smallest absolute Gasteiger partial charge is 0.475 e. The average Bonchev–Trinajstić information content (AvgIpc) is 3.80. The summed E-state index contributed by atoms with van der Waals surface area (Å²) in [4.78, 5) is 17.8. The lowest BCUT2D eigenvalue weighted by molar-refractivity contribution is -0.192. The first-order valence-electron chi connectivity index (χ1n) is 15.7. The Hall–Kier alpha value is -4.45. The molecule has 6 rings (SSSR count). The Morgan fingerprint density at radius 3 is 2.17 bits per heavy atom. The van der Waals surface area contributed by atoms with Crippen LogP contribution in [0.15, 0.2) is 107 Å². The third-order valence-corrected chi connectivity index (χ3v) is 10.8. The van der Waals surface area contributed by atoms with E-state index in [9.17, 15) is 39.9 Å². The molecule has 0 bridgehead atoms. The average molecular weight is 767 g/mol. The lowest BCUT2D eigenvalue weighted by Gasteiger charge is -2.20. The highest BCUT2D eigenvalue weighted by Crippen LogP contribution is 2.36. The minimum absolute atomic E-state index is 0.0449. The molecule has 52 heavy (non-hydrogen) atoms. The molecule has 3 aromatic carbocycles. The fraction of sp³-hybridized carbons (Fsp3) is 0.286. The first-order valence-corrected chi connectivity index (χ1v) is 18.2. The molecular formula is C35H32F6N4O5S2. The number of sulfonamides is 1. The maximum Gasteiger partial charge on any atom is 0.490 e. The van der Waals surface area contributed by atoms with Gasteiger partial charge in [-0.1, -0.05) is 42.5 Å². The van der Waals surface area contributed by atoms with Crippen LogP contribution in [0, 0.1) is 0 Å². The van der Waals surface area contributed by atoms with E-state index in [4.69, 9.17) is 9.90 Å². The quantitative estimate of drug-likeness (QED) is 0.132. The summed E-state index contributed by atoms with van der Waals surface area (Å²) in [5, 5.41) is 22.0. The van der Waals surface area contributed by atoms with Gasteiger partial charge >= 0.3 is 18.3 Å². The molecule has 1 aromatic heterocycles. The first kappa shape index (κ1) is 38.8. The molecule has 3 heterocycles. The number of alkyl halides is 6. The van der Waals surface area contributed by atoms with Crippen molar-refractivity contribution in [2.24, 2.45) is 4.99 Å². The summed E-state index contributed by atoms with van der Waals surface area (Å²) < 4.78 is 99.2. The van der Waals surface area contributed by atoms with Gasteiger partial charge in [-0.2, -0.15) is 26.3 Å². The van der Waals surface area contributed by atoms with Crippen LogP contribution in [0.3, 0.4) is 0 Å². The van der Waals surface area contributed by atoms with E-state index in [1.807, 2.05) is 24.3 Å². The fourth-order valence-electron chi connectivity index (χ4n) is 5.62. The molecule has 1 saturated heterocycles. The Bertz CT molecular complexity index is 1960. The van der Waals surface area contributed by atoms with Crippen molar-refractivity contribution in [3.05, 3.63) is 125 Å². The third kappa shape index (κ3) is 10.1. The highest BCUT2D eigenvalue weighted by Gasteiger charge is 2.38. The molecule has 2 aliphatic rings. The number of benzene rings is 3. The molecule has 4 N–H and O–H groups in total. The molecule has 0 radical (unpaired) electrons. The van der Waals surface area contributed by atoms with Crippen LogP contribution in [-0.2, 0) is 27.4 Å². The summed E-state index contributed by atoms with van der Waals surface area (Å²) in [6.45, 7) is 0. The minimum atomic E-state index is -5.08. The number of aliphatic carboxylic acids is 1. The van der Waals surface area contributed by atoms with Gasteiger partial charge in [0.1, 0.15) is 0 Å². The van der Waals surface area contributed by atoms with Gasteiger partial charge in [0, 0.05) is 47.0 Å². The number of pyridine rings is 1. The molecular weight excluding hydrogens is 735 g/mol. The molecule has 1 unspecified atom stereocenters. The van der Waals surface area contributed by atoms with Crippen LogP contribution in [-0.4, -0.2) is 58.6 Å². The number of aromatic nitrogens is 1. The number of aliphatic hydroxyl groups is 1. The van der Waals surface area contributed by atoms with Gasteiger partial charge in [0.05, 0.1) is 27.6 Å². The predicted molar refractivity (Wildman–Crippen MR) is 183 cm³/mol. The number of aliphatic hydroxyl groups excluding tert-OH is 1. The molecule has 1 fully saturated rings. The highest BCUT2D eigenvalue weighted by atomic mass is 32.2. The zero-order valence-corrected chi connectivity index (χ0v) is 28.6. The van der Waals surface area contributed by atoms with Crippen molar-refractivity contribution in [1.29, 1.82) is 0 Å². The lowest BCUT2D eigenvalue weighted by atomic mass is 10.0. The molecule has 0 saturated carbocycles. The summed E-state index contributed by atoms with van der Waals surface area (Å²) in [5.74, 6) is -2.17. The van der Waals surface area contributed by atoms with Crippen LogP contribution in [0.25, 0.3) is 0 Å². The number of thioether (sulfide) groups is 1. The molecule has 17 heteroatoms. The van der Waals surface area contributed by atoms with Crippen LogP contribution < -0.4 is 10.0 Å². The third-order valence-electron chi connectivity index (χ3n) is 8.30. The van der Waals surface area contributed by atoms with Gasteiger partial charge in [-0.15, -0.1) is 11.8 Å². The van der Waals surface area contributed by atoms with Crippen molar-refractivity contribution in [2.75, 3.05) is 10.5 Å². The van der Waals surface area contributed by atoms with Crippen molar-refractivity contribution in [3.8, 4) is 0 Å². The molecule has 0 aliphatic carbocycles. The summed E-state index contributed by atoms with van der Waals surface area (Å²) in [6, 6.07) is 22.3. The number of anilines is 1. The predicted octanol–water partition coefficient (Wildman–Crippen LogP) is 7.17. The van der Waals surface area contributed by atoms with E-state index in [1.165, 1.54) is 36.0 Å². The Balaban J connectivity index is 0.000000679. The van der Waals surface area contributed by atoms with Crippen molar-refractivity contribution in [1.82, 2.24) is 10.3 Å². The van der Waals surface area contributed by atoms with Gasteiger partial charge in [0.2, 0.25) is 0 Å². The summed E-state index contributed by atoms with van der Waals surface area (Å²) in [6.07, 6.45) is -4.20. The maximum absolute atomic E-state index is 13.1. The zero-order valence-electron chi connectivity index (χ0n) is 27.0. The Kier molecular flexibility index (Phi) is 12.0. The Labute approximate surface area is 299 Å². The van der Waals surface area contributed by atoms with Crippen LogP contribution in [0.4, 0.5) is 32.0 Å². The zero-order chi connectivity index (χ0) is 37.7. The second-order valence-corrected chi connectivity index (χ2v) is 14.7. The normalized spacial score (nSPS) is 19.7. The number of halogens is 6. The SMILES string of the molecule is O=C(O)C(F)(F)F.O=S(=O)(Nc1ccc(C[C@@H]2CC[C@H]([C@H](O)c3cccnc3)N2)cc1)c1ccc(C2=NC(c3ccc(C(F)(F)F)cc3)CS2)cc1. The lowest BCUT2D eigenvalue weighted by Crippen LogP contribution is -2.35. The number of nitrogens with zero attached hydrogens (tertiary/aromatic N) is 2. The maximum atomic E-state index is 13.1. The monoisotopic (exact) mass is 766 g/mol. The van der Waals surface area contributed by atoms with Gasteiger partial charge < -0.3 is 15.5 Å². The second kappa shape index (κ2) is 16.1. The van der Waals surface area contributed by atoms with E-state index < -0.39 is 40.0 Å². The van der Waals surface area contributed by atoms with Gasteiger partial charge in [-0.3, -0.25) is 14.7 Å². The molecule has 2 aliphatic heterocycles. The summed E-state index contributed by atoms with van der Waals surface area (Å²) >= 11 is 1.48. The van der Waals surface area contributed by atoms with Gasteiger partial charge in [0.15, 0.2) is 0 Å². The van der Waals surface area contributed by atoms with Crippen LogP contribution in [0.5, 0.6) is 0 Å². The van der Waals surface area contributed by atoms with E-state index in [0.29, 0.717) is 22.0 Å². The number of carbonyl (C=O) groups is 1. The molecule has 4 aromatic rings. The number of rotatable bonds is 9. The van der Waals surface area contributed by atoms with Gasteiger partial charge in [-0.05, 0) is 72.9 Å². The van der Waals surface area contributed by atoms with E-state index in [-0.39, 0.29) is 23.0 Å². The van der Waals surface area contributed by atoms with Crippen molar-refractivity contribution in [3.63, 3.8) is 0 Å². The van der Waals surface area contributed by atoms with Crippen molar-refractivity contribution < 1.29 is 49.8 Å². The van der Waals surface area contributed by atoms with Crippen LogP contribution in [0.2, 0.25) is 0 Å². The number of nitrogens with one attached hydrogen (secondary N) is 2. The molecule has 4 atom stereocenters. The van der Waals surface area contributed by atoms with Crippen molar-refractivity contribution in [2.45, 2.75) is 60.7 Å². The standard InChI is InChI=1S/C33H31F3N4O3S2.C2HF3O2/c34-33(35,36)25-9-5-22(6-10-25)30-20-44-32(39-30)23-7-14-28(15-8-23)45(42,43)40-26-11-3-21(4-12-26)18-27-13-16-29(38-27)31(41)24-2-1-17-37-19-24;3-2(4,5)1(6)7/h1-12,14-15,17,19,27,29-31,38,40-41H,13,16,18,20H2;(H,6,7)/t27-,29+,30?,31+;/m0./s1. The van der Waals surface area contributed by atoms with E-state index in [1.54, 1.807) is 36.7 Å². The van der Waals surface area contributed by atoms with Gasteiger partial charge in [0.25, 0.3) is 10.0 Å². The molecule has 9 nitrogen and oxygen atoms in total. The van der Waals surface area contributed by atoms with Crippen molar-refractivity contribution >= 4 is 38.5 Å². The number of hydrogen-bond acceptors (Lipinski definition) is 8. The highest BCUT2D eigenvalue weighted by molar-refractivity contribution is 8.14. The molecule has 276 valence electrons. The van der Waals surface area contributed by atoms with Crippen LogP contribution >= 0.6 is 11.8 Å². The second-order valence-electron chi connectivity index (χ2n) is 12.0. The largest absolute Gasteiger partial charge is 0.490 e. The molecule has 0 amide bonds. The number of aliphatic imine (C=N–C) groups is 1. The van der Waals surface area contributed by atoms with E-state index >= 15 is 0 Å². The van der Waals surface area contributed by atoms with E-state index in [2.05, 4.69) is 20.0 Å². The number of hydrogen-bond donors (Lipinski definition) is 4. The Morgan fingerprint density at radius 2 is 1.60 bits per heavy atom. The first-order chi connectivity index (χ1) is 24.5. The van der Waals surface area contributed by atoms with Crippen LogP contribution in [0.1, 0.15) is 52.8 Å². The summed E-state index contributed by atoms with van der Waals surface area (Å²) in [7, 11) is -3.84. The Morgan fingerprint density at radius 1 is 0.942 bits per heavy atom. The topological polar surface area (TPSA) is 141 Å².